The van der Waals surface area contributed by atoms with Crippen LogP contribution in [0.3, 0.4) is 0 Å². The molecule has 24 heavy (non-hydrogen) atoms. The van der Waals surface area contributed by atoms with Gasteiger partial charge in [0.2, 0.25) is 0 Å². The second kappa shape index (κ2) is 12.5. The second-order valence-corrected chi connectivity index (χ2v) is 5.86. The van der Waals surface area contributed by atoms with Crippen LogP contribution < -0.4 is 9.47 Å². The van der Waals surface area contributed by atoms with Crippen LogP contribution in [-0.4, -0.2) is 14.2 Å². The molecular weight excluding hydrogens is 296 g/mol. The molecule has 0 amide bonds. The molecule has 0 radical (unpaired) electrons. The molecule has 0 unspecified atom stereocenters. The summed E-state index contributed by atoms with van der Waals surface area (Å²) in [5, 5.41) is 0. The van der Waals surface area contributed by atoms with E-state index in [0.717, 1.165) is 11.5 Å². The predicted molar refractivity (Wildman–Crippen MR) is 106 cm³/mol. The molecule has 0 bridgehead atoms. The lowest BCUT2D eigenvalue weighted by Gasteiger charge is -2.06. The highest BCUT2D eigenvalue weighted by Gasteiger charge is 1.99. The van der Waals surface area contributed by atoms with Crippen LogP contribution in [0.25, 0.3) is 0 Å². The quantitative estimate of drug-likeness (QED) is 0.623. The summed E-state index contributed by atoms with van der Waals surface area (Å²) in [6.07, 6.45) is 0. The van der Waals surface area contributed by atoms with Crippen molar-refractivity contribution in [3.05, 3.63) is 59.7 Å². The van der Waals surface area contributed by atoms with Gasteiger partial charge in [-0.3, -0.25) is 0 Å². The molecular formula is C22H34O2. The van der Waals surface area contributed by atoms with Crippen molar-refractivity contribution in [1.29, 1.82) is 0 Å². The summed E-state index contributed by atoms with van der Waals surface area (Å²) in [5.74, 6) is 3.03. The lowest BCUT2D eigenvalue weighted by molar-refractivity contribution is 0.414. The SMILES string of the molecule is CC.COc1cccc(C(C)C)c1.COc1cccc(C(C)C)c1. The molecule has 0 spiro atoms. The second-order valence-electron chi connectivity index (χ2n) is 5.86. The predicted octanol–water partition coefficient (Wildman–Crippen LogP) is 6.66. The highest BCUT2D eigenvalue weighted by atomic mass is 16.5. The van der Waals surface area contributed by atoms with Gasteiger partial charge in [-0.1, -0.05) is 65.8 Å². The Morgan fingerprint density at radius 1 is 0.625 bits per heavy atom. The van der Waals surface area contributed by atoms with E-state index < -0.39 is 0 Å². The van der Waals surface area contributed by atoms with Crippen LogP contribution in [0.2, 0.25) is 0 Å². The molecule has 0 aliphatic carbocycles. The Labute approximate surface area is 148 Å². The van der Waals surface area contributed by atoms with Crippen LogP contribution in [-0.2, 0) is 0 Å². The number of methoxy groups -OCH3 is 2. The minimum atomic E-state index is 0.574. The molecule has 0 atom stereocenters. The summed E-state index contributed by atoms with van der Waals surface area (Å²) < 4.78 is 10.2. The van der Waals surface area contributed by atoms with Gasteiger partial charge < -0.3 is 9.47 Å². The van der Waals surface area contributed by atoms with Gasteiger partial charge in [-0.15, -0.1) is 0 Å². The van der Waals surface area contributed by atoms with Gasteiger partial charge in [0.25, 0.3) is 0 Å². The third kappa shape index (κ3) is 8.05. The first-order valence-corrected chi connectivity index (χ1v) is 8.75. The Bertz CT molecular complexity index is 508. The smallest absolute Gasteiger partial charge is 0.119 e. The molecule has 2 rings (SSSR count). The van der Waals surface area contributed by atoms with E-state index in [1.807, 2.05) is 38.1 Å². The largest absolute Gasteiger partial charge is 0.497 e. The summed E-state index contributed by atoms with van der Waals surface area (Å²) in [6.45, 7) is 12.7. The van der Waals surface area contributed by atoms with E-state index in [1.165, 1.54) is 11.1 Å². The van der Waals surface area contributed by atoms with Crippen molar-refractivity contribution in [3.8, 4) is 11.5 Å². The zero-order valence-electron chi connectivity index (χ0n) is 16.6. The zero-order chi connectivity index (χ0) is 18.5. The Kier molecular flexibility index (Phi) is 11.4. The minimum absolute atomic E-state index is 0.574. The average Bonchev–Trinajstić information content (AvgIpc) is 2.64. The van der Waals surface area contributed by atoms with Crippen LogP contribution in [0.1, 0.15) is 64.5 Å². The maximum absolute atomic E-state index is 5.11. The van der Waals surface area contributed by atoms with Crippen LogP contribution >= 0.6 is 0 Å². The lowest BCUT2D eigenvalue weighted by atomic mass is 10.0. The fourth-order valence-corrected chi connectivity index (χ4v) is 2.00. The zero-order valence-corrected chi connectivity index (χ0v) is 16.6. The molecule has 0 saturated carbocycles. The molecule has 0 fully saturated rings. The van der Waals surface area contributed by atoms with Gasteiger partial charge in [0.1, 0.15) is 11.5 Å². The number of ether oxygens (including phenoxy) is 2. The van der Waals surface area contributed by atoms with Crippen LogP contribution in [0.4, 0.5) is 0 Å². The van der Waals surface area contributed by atoms with E-state index in [0.29, 0.717) is 11.8 Å². The average molecular weight is 331 g/mol. The van der Waals surface area contributed by atoms with Gasteiger partial charge in [-0.05, 0) is 47.2 Å². The number of benzene rings is 2. The first kappa shape index (κ1) is 22.0. The van der Waals surface area contributed by atoms with Gasteiger partial charge in [-0.2, -0.15) is 0 Å². The van der Waals surface area contributed by atoms with Crippen LogP contribution in [0, 0.1) is 0 Å². The first-order chi connectivity index (χ1) is 11.5. The molecule has 2 aromatic rings. The van der Waals surface area contributed by atoms with Gasteiger partial charge >= 0.3 is 0 Å². The molecule has 0 aromatic heterocycles. The van der Waals surface area contributed by atoms with Crippen LogP contribution in [0.15, 0.2) is 48.5 Å². The van der Waals surface area contributed by atoms with Gasteiger partial charge in [0.05, 0.1) is 14.2 Å². The summed E-state index contributed by atoms with van der Waals surface area (Å²) in [6, 6.07) is 16.4. The molecule has 0 saturated heterocycles. The third-order valence-corrected chi connectivity index (χ3v) is 3.52. The van der Waals surface area contributed by atoms with E-state index in [1.54, 1.807) is 14.2 Å². The Hall–Kier alpha value is -1.96. The molecule has 2 aromatic carbocycles. The normalized spacial score (nSPS) is 9.58. The fraction of sp³-hybridized carbons (Fsp3) is 0.455. The van der Waals surface area contributed by atoms with Crippen molar-refractivity contribution in [2.24, 2.45) is 0 Å². The van der Waals surface area contributed by atoms with Crippen LogP contribution in [0.5, 0.6) is 11.5 Å². The number of rotatable bonds is 4. The van der Waals surface area contributed by atoms with Crippen molar-refractivity contribution in [1.82, 2.24) is 0 Å². The molecule has 2 heteroatoms. The van der Waals surface area contributed by atoms with E-state index in [2.05, 4.69) is 52.0 Å². The Morgan fingerprint density at radius 2 is 0.958 bits per heavy atom. The van der Waals surface area contributed by atoms with Crippen molar-refractivity contribution in [2.45, 2.75) is 53.4 Å². The van der Waals surface area contributed by atoms with Crippen molar-refractivity contribution < 1.29 is 9.47 Å². The highest BCUT2D eigenvalue weighted by molar-refractivity contribution is 5.30. The maximum atomic E-state index is 5.11. The minimum Gasteiger partial charge on any atom is -0.497 e. The molecule has 0 N–H and O–H groups in total. The van der Waals surface area contributed by atoms with Gasteiger partial charge in [-0.25, -0.2) is 0 Å². The molecule has 2 nitrogen and oxygen atoms in total. The van der Waals surface area contributed by atoms with E-state index >= 15 is 0 Å². The lowest BCUT2D eigenvalue weighted by Crippen LogP contribution is -1.88. The van der Waals surface area contributed by atoms with E-state index in [9.17, 15) is 0 Å². The first-order valence-electron chi connectivity index (χ1n) is 8.75. The fourth-order valence-electron chi connectivity index (χ4n) is 2.00. The standard InChI is InChI=1S/2C10H14O.C2H6/c2*1-8(2)9-5-4-6-10(7-9)11-3;1-2/h2*4-8H,1-3H3;1-2H3. The molecule has 134 valence electrons. The van der Waals surface area contributed by atoms with Gasteiger partial charge in [0.15, 0.2) is 0 Å². The maximum Gasteiger partial charge on any atom is 0.119 e. The van der Waals surface area contributed by atoms with E-state index in [-0.39, 0.29) is 0 Å². The van der Waals surface area contributed by atoms with Gasteiger partial charge in [0, 0.05) is 0 Å². The molecule has 0 aliphatic heterocycles. The summed E-state index contributed by atoms with van der Waals surface area (Å²) in [7, 11) is 3.39. The monoisotopic (exact) mass is 330 g/mol. The number of hydrogen-bond acceptors (Lipinski definition) is 2. The summed E-state index contributed by atoms with van der Waals surface area (Å²) in [5.41, 5.74) is 2.65. The Morgan fingerprint density at radius 3 is 1.21 bits per heavy atom. The summed E-state index contributed by atoms with van der Waals surface area (Å²) in [4.78, 5) is 0. The van der Waals surface area contributed by atoms with Crippen molar-refractivity contribution in [2.75, 3.05) is 14.2 Å². The highest BCUT2D eigenvalue weighted by Crippen LogP contribution is 2.20. The summed E-state index contributed by atoms with van der Waals surface area (Å²) >= 11 is 0. The molecule has 0 heterocycles. The topological polar surface area (TPSA) is 18.5 Å². The van der Waals surface area contributed by atoms with Crippen molar-refractivity contribution >= 4 is 0 Å². The Balaban J connectivity index is 0.000000400. The molecule has 0 aliphatic rings. The third-order valence-electron chi connectivity index (χ3n) is 3.52. The van der Waals surface area contributed by atoms with E-state index in [4.69, 9.17) is 9.47 Å². The number of hydrogen-bond donors (Lipinski definition) is 0. The van der Waals surface area contributed by atoms with Crippen molar-refractivity contribution in [3.63, 3.8) is 0 Å².